The van der Waals surface area contributed by atoms with Gasteiger partial charge in [0.1, 0.15) is 5.75 Å². The fourth-order valence-electron chi connectivity index (χ4n) is 3.14. The number of carboxylic acids is 1. The summed E-state index contributed by atoms with van der Waals surface area (Å²) in [5.41, 5.74) is 0.589. The molecule has 1 N–H and O–H groups in total. The number of likely N-dealkylation sites (tertiary alicyclic amines) is 1. The van der Waals surface area contributed by atoms with Crippen LogP contribution >= 0.6 is 0 Å². The van der Waals surface area contributed by atoms with Crippen molar-refractivity contribution in [3.05, 3.63) is 29.8 Å². The third kappa shape index (κ3) is 6.05. The van der Waals surface area contributed by atoms with E-state index in [-0.39, 0.29) is 18.4 Å². The van der Waals surface area contributed by atoms with Gasteiger partial charge in [0.2, 0.25) is 0 Å². The first-order valence-corrected chi connectivity index (χ1v) is 8.86. The van der Waals surface area contributed by atoms with Crippen LogP contribution in [0.15, 0.2) is 24.3 Å². The van der Waals surface area contributed by atoms with Gasteiger partial charge in [0.15, 0.2) is 0 Å². The molecular weight excluding hydrogens is 322 g/mol. The van der Waals surface area contributed by atoms with E-state index in [9.17, 15) is 9.59 Å². The van der Waals surface area contributed by atoms with Crippen molar-refractivity contribution >= 4 is 11.9 Å². The van der Waals surface area contributed by atoms with Crippen molar-refractivity contribution < 1.29 is 24.2 Å². The molecule has 1 unspecified atom stereocenters. The van der Waals surface area contributed by atoms with Crippen molar-refractivity contribution in [3.8, 4) is 5.75 Å². The average molecular weight is 349 g/mol. The van der Waals surface area contributed by atoms with E-state index in [0.717, 1.165) is 25.7 Å². The van der Waals surface area contributed by atoms with Gasteiger partial charge in [-0.25, -0.2) is 0 Å². The Kier molecular flexibility index (Phi) is 7.73. The molecule has 138 valence electrons. The summed E-state index contributed by atoms with van der Waals surface area (Å²) in [6.45, 7) is 1.86. The molecule has 1 aliphatic heterocycles. The van der Waals surface area contributed by atoms with Crippen molar-refractivity contribution in [2.24, 2.45) is 0 Å². The molecule has 0 bridgehead atoms. The minimum absolute atomic E-state index is 0.00336. The number of carboxylic acid groups (broad SMARTS) is 1. The molecule has 0 spiro atoms. The summed E-state index contributed by atoms with van der Waals surface area (Å²) in [5, 5.41) is 8.91. The van der Waals surface area contributed by atoms with Gasteiger partial charge in [0.25, 0.3) is 5.91 Å². The molecular formula is C19H27NO5. The third-order valence-corrected chi connectivity index (χ3v) is 4.42. The lowest BCUT2D eigenvalue weighted by Gasteiger charge is -2.35. The number of hydrogen-bond acceptors (Lipinski definition) is 4. The number of aliphatic carboxylic acids is 1. The minimum atomic E-state index is -0.815. The highest BCUT2D eigenvalue weighted by Gasteiger charge is 2.27. The molecule has 6 heteroatoms. The first-order chi connectivity index (χ1) is 12.1. The standard InChI is InChI=1S/C19H27NO5/c1-24-12-5-13-25-17-8-4-6-15(14-17)19(23)20-11-3-2-7-16(20)9-10-18(21)22/h4,6,8,14,16H,2-3,5,7,9-13H2,1H3,(H,21,22). The van der Waals surface area contributed by atoms with Crippen LogP contribution in [0.3, 0.4) is 0 Å². The van der Waals surface area contributed by atoms with Crippen LogP contribution in [-0.4, -0.2) is 54.8 Å². The zero-order valence-corrected chi connectivity index (χ0v) is 14.8. The molecule has 0 saturated carbocycles. The highest BCUT2D eigenvalue weighted by Crippen LogP contribution is 2.24. The molecule has 1 saturated heterocycles. The van der Waals surface area contributed by atoms with Gasteiger partial charge in [-0.15, -0.1) is 0 Å². The molecule has 0 aliphatic carbocycles. The van der Waals surface area contributed by atoms with Crippen molar-refractivity contribution in [3.63, 3.8) is 0 Å². The van der Waals surface area contributed by atoms with Crippen LogP contribution in [0, 0.1) is 0 Å². The van der Waals surface area contributed by atoms with Crippen molar-refractivity contribution in [2.45, 2.75) is 44.6 Å². The minimum Gasteiger partial charge on any atom is -0.493 e. The zero-order chi connectivity index (χ0) is 18.1. The molecule has 1 amide bonds. The van der Waals surface area contributed by atoms with Crippen molar-refractivity contribution in [1.82, 2.24) is 4.90 Å². The van der Waals surface area contributed by atoms with Gasteiger partial charge in [-0.05, 0) is 43.9 Å². The largest absolute Gasteiger partial charge is 0.493 e. The van der Waals surface area contributed by atoms with E-state index < -0.39 is 5.97 Å². The Morgan fingerprint density at radius 2 is 2.12 bits per heavy atom. The number of ether oxygens (including phenoxy) is 2. The van der Waals surface area contributed by atoms with Gasteiger partial charge in [-0.3, -0.25) is 9.59 Å². The van der Waals surface area contributed by atoms with E-state index >= 15 is 0 Å². The molecule has 1 fully saturated rings. The summed E-state index contributed by atoms with van der Waals surface area (Å²) in [4.78, 5) is 25.6. The molecule has 1 heterocycles. The summed E-state index contributed by atoms with van der Waals surface area (Å²) in [5.74, 6) is -0.192. The summed E-state index contributed by atoms with van der Waals surface area (Å²) in [6.07, 6.45) is 4.26. The molecule has 1 atom stereocenters. The van der Waals surface area contributed by atoms with Crippen LogP contribution in [-0.2, 0) is 9.53 Å². The van der Waals surface area contributed by atoms with Crippen molar-refractivity contribution in [2.75, 3.05) is 26.9 Å². The Bertz CT molecular complexity index is 575. The Labute approximate surface area is 148 Å². The lowest BCUT2D eigenvalue weighted by molar-refractivity contribution is -0.137. The summed E-state index contributed by atoms with van der Waals surface area (Å²) >= 11 is 0. The van der Waals surface area contributed by atoms with E-state index in [0.29, 0.717) is 37.5 Å². The van der Waals surface area contributed by atoms with E-state index in [1.807, 2.05) is 17.0 Å². The lowest BCUT2D eigenvalue weighted by Crippen LogP contribution is -2.44. The monoisotopic (exact) mass is 349 g/mol. The second kappa shape index (κ2) is 10.0. The molecule has 1 aromatic carbocycles. The maximum absolute atomic E-state index is 12.9. The maximum Gasteiger partial charge on any atom is 0.303 e. The van der Waals surface area contributed by atoms with Gasteiger partial charge >= 0.3 is 5.97 Å². The number of carbonyl (C=O) groups is 2. The van der Waals surface area contributed by atoms with Gasteiger partial charge in [-0.2, -0.15) is 0 Å². The highest BCUT2D eigenvalue weighted by atomic mass is 16.5. The first-order valence-electron chi connectivity index (χ1n) is 8.86. The smallest absolute Gasteiger partial charge is 0.303 e. The van der Waals surface area contributed by atoms with Gasteiger partial charge in [0.05, 0.1) is 6.61 Å². The first kappa shape index (κ1) is 19.2. The fraction of sp³-hybridized carbons (Fsp3) is 0.579. The highest BCUT2D eigenvalue weighted by molar-refractivity contribution is 5.95. The van der Waals surface area contributed by atoms with Crippen molar-refractivity contribution in [1.29, 1.82) is 0 Å². The Morgan fingerprint density at radius 1 is 1.28 bits per heavy atom. The number of hydrogen-bond donors (Lipinski definition) is 1. The molecule has 1 aromatic rings. The Morgan fingerprint density at radius 3 is 2.88 bits per heavy atom. The fourth-order valence-corrected chi connectivity index (χ4v) is 3.14. The second-order valence-electron chi connectivity index (χ2n) is 6.30. The van der Waals surface area contributed by atoms with Gasteiger partial charge < -0.3 is 19.5 Å². The molecule has 25 heavy (non-hydrogen) atoms. The molecule has 2 rings (SSSR count). The van der Waals surface area contributed by atoms with E-state index in [1.165, 1.54) is 0 Å². The van der Waals surface area contributed by atoms with Crippen LogP contribution in [0.5, 0.6) is 5.75 Å². The topological polar surface area (TPSA) is 76.1 Å². The average Bonchev–Trinajstić information content (AvgIpc) is 2.63. The predicted molar refractivity (Wildman–Crippen MR) is 94.0 cm³/mol. The number of nitrogens with zero attached hydrogens (tertiary/aromatic N) is 1. The van der Waals surface area contributed by atoms with E-state index in [1.54, 1.807) is 19.2 Å². The van der Waals surface area contributed by atoms with Crippen LogP contribution in [0.1, 0.15) is 48.9 Å². The number of piperidine rings is 1. The number of rotatable bonds is 9. The second-order valence-corrected chi connectivity index (χ2v) is 6.30. The number of amides is 1. The number of benzene rings is 1. The SMILES string of the molecule is COCCCOc1cccc(C(=O)N2CCCCC2CCC(=O)O)c1. The molecule has 6 nitrogen and oxygen atoms in total. The summed E-state index contributed by atoms with van der Waals surface area (Å²) < 4.78 is 10.7. The number of methoxy groups -OCH3 is 1. The van der Waals surface area contributed by atoms with Crippen LogP contribution in [0.25, 0.3) is 0 Å². The molecule has 1 aliphatic rings. The van der Waals surface area contributed by atoms with Gasteiger partial charge in [-0.1, -0.05) is 6.07 Å². The third-order valence-electron chi connectivity index (χ3n) is 4.42. The predicted octanol–water partition coefficient (Wildman–Crippen LogP) is 2.96. The van der Waals surface area contributed by atoms with Crippen LogP contribution in [0.2, 0.25) is 0 Å². The summed E-state index contributed by atoms with van der Waals surface area (Å²) in [6, 6.07) is 7.20. The van der Waals surface area contributed by atoms with Crippen LogP contribution in [0.4, 0.5) is 0 Å². The van der Waals surface area contributed by atoms with E-state index in [2.05, 4.69) is 0 Å². The van der Waals surface area contributed by atoms with E-state index in [4.69, 9.17) is 14.6 Å². The normalized spacial score (nSPS) is 17.3. The zero-order valence-electron chi connectivity index (χ0n) is 14.8. The maximum atomic E-state index is 12.9. The lowest BCUT2D eigenvalue weighted by atomic mass is 9.97. The Balaban J connectivity index is 2.00. The molecule has 0 radical (unpaired) electrons. The van der Waals surface area contributed by atoms with Gasteiger partial charge in [0, 0.05) is 44.7 Å². The quantitative estimate of drug-likeness (QED) is 0.694. The van der Waals surface area contributed by atoms with Crippen LogP contribution < -0.4 is 4.74 Å². The summed E-state index contributed by atoms with van der Waals surface area (Å²) in [7, 11) is 1.65. The Hall–Kier alpha value is -2.08. The number of carbonyl (C=O) groups excluding carboxylic acids is 1. The molecule has 0 aromatic heterocycles.